The van der Waals surface area contributed by atoms with E-state index in [-0.39, 0.29) is 23.7 Å². The number of nitrogens with zero attached hydrogens (tertiary/aromatic N) is 2. The average Bonchev–Trinajstić information content (AvgIpc) is 2.27. The minimum atomic E-state index is -4.49. The van der Waals surface area contributed by atoms with Gasteiger partial charge in [0, 0.05) is 6.54 Å². The van der Waals surface area contributed by atoms with E-state index in [1.165, 1.54) is 12.1 Å². The number of pyridine rings is 1. The van der Waals surface area contributed by atoms with Gasteiger partial charge in [0.15, 0.2) is 5.82 Å². The second-order valence-corrected chi connectivity index (χ2v) is 3.73. The Morgan fingerprint density at radius 2 is 2.05 bits per heavy atom. The first kappa shape index (κ1) is 15.0. The van der Waals surface area contributed by atoms with Crippen molar-refractivity contribution in [3.05, 3.63) is 17.8 Å². The summed E-state index contributed by atoms with van der Waals surface area (Å²) < 4.78 is 37.3. The van der Waals surface area contributed by atoms with Crippen molar-refractivity contribution in [3.8, 4) is 0 Å². The van der Waals surface area contributed by atoms with Gasteiger partial charge in [-0.1, -0.05) is 0 Å². The van der Waals surface area contributed by atoms with Gasteiger partial charge in [0.25, 0.3) is 5.91 Å². The van der Waals surface area contributed by atoms with Gasteiger partial charge in [0.05, 0.1) is 12.3 Å². The van der Waals surface area contributed by atoms with Crippen LogP contribution in [0.25, 0.3) is 0 Å². The van der Waals surface area contributed by atoms with Gasteiger partial charge in [0.1, 0.15) is 12.2 Å². The number of hydrogen-bond donors (Lipinski definition) is 3. The third-order valence-corrected chi connectivity index (χ3v) is 2.20. The standard InChI is InChI=1S/C10H13F3N4O2/c11-10(12,13)5-17(3-4-18)9-6(14)1-2-7(16-9)8(15)19/h1-2,18H,3-5,14H2,(H2,15,19). The van der Waals surface area contributed by atoms with E-state index in [0.717, 1.165) is 4.90 Å². The van der Waals surface area contributed by atoms with Gasteiger partial charge < -0.3 is 21.5 Å². The summed E-state index contributed by atoms with van der Waals surface area (Å²) in [6.45, 7) is -2.18. The fourth-order valence-electron chi connectivity index (χ4n) is 1.45. The van der Waals surface area contributed by atoms with E-state index in [1.807, 2.05) is 0 Å². The Morgan fingerprint density at radius 3 is 2.53 bits per heavy atom. The van der Waals surface area contributed by atoms with Crippen LogP contribution in [0, 0.1) is 0 Å². The SMILES string of the molecule is NC(=O)c1ccc(N)c(N(CCO)CC(F)(F)F)n1. The van der Waals surface area contributed by atoms with Gasteiger partial charge in [-0.3, -0.25) is 4.79 Å². The zero-order valence-electron chi connectivity index (χ0n) is 9.81. The number of nitrogen functional groups attached to an aromatic ring is 1. The normalized spacial score (nSPS) is 11.4. The fourth-order valence-corrected chi connectivity index (χ4v) is 1.45. The molecule has 0 saturated heterocycles. The summed E-state index contributed by atoms with van der Waals surface area (Å²) >= 11 is 0. The van der Waals surface area contributed by atoms with Crippen molar-refractivity contribution < 1.29 is 23.1 Å². The van der Waals surface area contributed by atoms with Crippen LogP contribution in [0.5, 0.6) is 0 Å². The molecule has 1 amide bonds. The first-order valence-electron chi connectivity index (χ1n) is 5.23. The number of hydrogen-bond acceptors (Lipinski definition) is 5. The van der Waals surface area contributed by atoms with E-state index in [2.05, 4.69) is 4.98 Å². The van der Waals surface area contributed by atoms with Crippen LogP contribution in [0.2, 0.25) is 0 Å². The Labute approximate surface area is 106 Å². The monoisotopic (exact) mass is 278 g/mol. The van der Waals surface area contributed by atoms with Gasteiger partial charge in [-0.05, 0) is 12.1 Å². The van der Waals surface area contributed by atoms with Gasteiger partial charge in [-0.2, -0.15) is 13.2 Å². The van der Waals surface area contributed by atoms with E-state index in [1.54, 1.807) is 0 Å². The number of halogens is 3. The summed E-state index contributed by atoms with van der Waals surface area (Å²) in [5.41, 5.74) is 10.3. The molecule has 106 valence electrons. The third kappa shape index (κ3) is 4.28. The number of primary amides is 1. The number of aliphatic hydroxyl groups is 1. The molecule has 0 aliphatic heterocycles. The first-order chi connectivity index (χ1) is 8.74. The zero-order valence-corrected chi connectivity index (χ0v) is 9.81. The number of aliphatic hydroxyl groups excluding tert-OH is 1. The lowest BCUT2D eigenvalue weighted by Crippen LogP contribution is -2.37. The molecule has 9 heteroatoms. The molecule has 6 nitrogen and oxygen atoms in total. The largest absolute Gasteiger partial charge is 0.405 e. The van der Waals surface area contributed by atoms with Crippen LogP contribution in [-0.4, -0.2) is 41.9 Å². The highest BCUT2D eigenvalue weighted by Crippen LogP contribution is 2.25. The van der Waals surface area contributed by atoms with E-state index < -0.39 is 25.2 Å². The number of amides is 1. The van der Waals surface area contributed by atoms with Crippen molar-refractivity contribution >= 4 is 17.4 Å². The zero-order chi connectivity index (χ0) is 14.6. The molecular formula is C10H13F3N4O2. The molecule has 5 N–H and O–H groups in total. The van der Waals surface area contributed by atoms with Crippen LogP contribution in [-0.2, 0) is 0 Å². The van der Waals surface area contributed by atoms with Crippen molar-refractivity contribution in [3.63, 3.8) is 0 Å². The maximum atomic E-state index is 12.4. The van der Waals surface area contributed by atoms with Crippen molar-refractivity contribution in [1.29, 1.82) is 0 Å². The summed E-state index contributed by atoms with van der Waals surface area (Å²) in [4.78, 5) is 15.4. The topological polar surface area (TPSA) is 105 Å². The maximum absolute atomic E-state index is 12.4. The molecule has 0 bridgehead atoms. The van der Waals surface area contributed by atoms with Crippen LogP contribution in [0.4, 0.5) is 24.7 Å². The lowest BCUT2D eigenvalue weighted by molar-refractivity contribution is -0.119. The Morgan fingerprint density at radius 1 is 1.42 bits per heavy atom. The van der Waals surface area contributed by atoms with Crippen molar-refractivity contribution in [2.75, 3.05) is 30.3 Å². The highest BCUT2D eigenvalue weighted by Gasteiger charge is 2.32. The molecule has 1 heterocycles. The Kier molecular flexibility index (Phi) is 4.54. The molecule has 0 spiro atoms. The molecule has 0 fully saturated rings. The van der Waals surface area contributed by atoms with Crippen LogP contribution in [0.1, 0.15) is 10.5 Å². The Bertz CT molecular complexity index is 465. The number of rotatable bonds is 5. The summed E-state index contributed by atoms with van der Waals surface area (Å²) in [5, 5.41) is 8.79. The Balaban J connectivity index is 3.13. The lowest BCUT2D eigenvalue weighted by Gasteiger charge is -2.25. The van der Waals surface area contributed by atoms with Gasteiger partial charge >= 0.3 is 6.18 Å². The van der Waals surface area contributed by atoms with E-state index in [0.29, 0.717) is 0 Å². The summed E-state index contributed by atoms with van der Waals surface area (Å²) in [5.74, 6) is -1.11. The first-order valence-corrected chi connectivity index (χ1v) is 5.23. The molecule has 0 atom stereocenters. The summed E-state index contributed by atoms with van der Waals surface area (Å²) in [7, 11) is 0. The number of carbonyl (C=O) groups excluding carboxylic acids is 1. The van der Waals surface area contributed by atoms with Crippen LogP contribution in [0.15, 0.2) is 12.1 Å². The number of carbonyl (C=O) groups is 1. The van der Waals surface area contributed by atoms with E-state index >= 15 is 0 Å². The van der Waals surface area contributed by atoms with E-state index in [9.17, 15) is 18.0 Å². The molecule has 1 aromatic rings. The minimum Gasteiger partial charge on any atom is -0.396 e. The van der Waals surface area contributed by atoms with Gasteiger partial charge in [-0.15, -0.1) is 0 Å². The van der Waals surface area contributed by atoms with Gasteiger partial charge in [-0.25, -0.2) is 4.98 Å². The number of nitrogens with two attached hydrogens (primary N) is 2. The molecule has 0 saturated carbocycles. The van der Waals surface area contributed by atoms with Crippen LogP contribution in [0.3, 0.4) is 0 Å². The highest BCUT2D eigenvalue weighted by atomic mass is 19.4. The van der Waals surface area contributed by atoms with Gasteiger partial charge in [0.2, 0.25) is 0 Å². The fraction of sp³-hybridized carbons (Fsp3) is 0.400. The predicted molar refractivity (Wildman–Crippen MR) is 62.5 cm³/mol. The molecule has 19 heavy (non-hydrogen) atoms. The minimum absolute atomic E-state index is 0.0392. The molecule has 0 aliphatic carbocycles. The molecule has 1 aromatic heterocycles. The molecule has 0 aliphatic rings. The maximum Gasteiger partial charge on any atom is 0.405 e. The lowest BCUT2D eigenvalue weighted by atomic mass is 10.3. The third-order valence-electron chi connectivity index (χ3n) is 2.20. The molecule has 0 aromatic carbocycles. The van der Waals surface area contributed by atoms with Crippen molar-refractivity contribution in [1.82, 2.24) is 4.98 Å². The predicted octanol–water partition coefficient (Wildman–Crippen LogP) is 0.124. The highest BCUT2D eigenvalue weighted by molar-refractivity contribution is 5.91. The number of anilines is 2. The number of alkyl halides is 3. The quantitative estimate of drug-likeness (QED) is 0.709. The molecule has 0 radical (unpaired) electrons. The van der Waals surface area contributed by atoms with Crippen LogP contribution >= 0.6 is 0 Å². The number of aromatic nitrogens is 1. The molecule has 1 rings (SSSR count). The smallest absolute Gasteiger partial charge is 0.396 e. The Hall–Kier alpha value is -2.03. The van der Waals surface area contributed by atoms with Crippen molar-refractivity contribution in [2.45, 2.75) is 6.18 Å². The average molecular weight is 278 g/mol. The summed E-state index contributed by atoms with van der Waals surface area (Å²) in [6.07, 6.45) is -4.49. The summed E-state index contributed by atoms with van der Waals surface area (Å²) in [6, 6.07) is 2.45. The second kappa shape index (κ2) is 5.74. The van der Waals surface area contributed by atoms with Crippen molar-refractivity contribution in [2.24, 2.45) is 5.73 Å². The van der Waals surface area contributed by atoms with E-state index in [4.69, 9.17) is 16.6 Å². The second-order valence-electron chi connectivity index (χ2n) is 3.73. The molecule has 0 unspecified atom stereocenters. The van der Waals surface area contributed by atoms with Crippen LogP contribution < -0.4 is 16.4 Å². The molecular weight excluding hydrogens is 265 g/mol.